The monoisotopic (exact) mass is 444 g/mol. The zero-order chi connectivity index (χ0) is 21.9. The number of carboxylic acids is 1. The summed E-state index contributed by atoms with van der Waals surface area (Å²) in [5.41, 5.74) is 0.659. The normalized spacial score (nSPS) is 19.6. The highest BCUT2D eigenvalue weighted by Crippen LogP contribution is 2.46. The van der Waals surface area contributed by atoms with Crippen molar-refractivity contribution in [2.45, 2.75) is 23.4 Å². The van der Waals surface area contributed by atoms with Crippen molar-refractivity contribution in [1.29, 1.82) is 0 Å². The van der Waals surface area contributed by atoms with Crippen LogP contribution in [-0.2, 0) is 11.8 Å². The first kappa shape index (κ1) is 21.9. The van der Waals surface area contributed by atoms with E-state index in [1.807, 2.05) is 41.9 Å². The quantitative estimate of drug-likeness (QED) is 0.775. The van der Waals surface area contributed by atoms with Gasteiger partial charge in [-0.1, -0.05) is 6.07 Å². The summed E-state index contributed by atoms with van der Waals surface area (Å²) in [5.74, 6) is -1.06. The number of rotatable bonds is 3. The molecule has 1 N–H and O–H groups in total. The van der Waals surface area contributed by atoms with Gasteiger partial charge in [-0.25, -0.2) is 9.78 Å². The number of hydrogen-bond donors (Lipinski definition) is 1. The van der Waals surface area contributed by atoms with E-state index >= 15 is 0 Å². The fourth-order valence-corrected chi connectivity index (χ4v) is 4.72. The average Bonchev–Trinajstić information content (AvgIpc) is 3.27. The number of pyridine rings is 1. The molecule has 0 aliphatic carbocycles. The Morgan fingerprint density at radius 1 is 1.33 bits per heavy atom. The van der Waals surface area contributed by atoms with Crippen molar-refractivity contribution in [3.63, 3.8) is 0 Å². The molecule has 1 amide bonds. The van der Waals surface area contributed by atoms with Crippen LogP contribution in [0.2, 0.25) is 0 Å². The molecule has 2 aromatic heterocycles. The van der Waals surface area contributed by atoms with Gasteiger partial charge in [-0.3, -0.25) is 9.48 Å². The number of aliphatic carboxylic acids is 1. The number of amides is 1. The van der Waals surface area contributed by atoms with Gasteiger partial charge in [0.2, 0.25) is 5.88 Å². The summed E-state index contributed by atoms with van der Waals surface area (Å²) >= 11 is 1.91. The number of hydrogen-bond acceptors (Lipinski definition) is 6. The van der Waals surface area contributed by atoms with Gasteiger partial charge in [0.1, 0.15) is 6.10 Å². The van der Waals surface area contributed by atoms with Gasteiger partial charge < -0.3 is 14.7 Å². The largest absolute Gasteiger partial charge is 0.490 e. The molecule has 2 aromatic rings. The molecule has 4 rings (SSSR count). The SMILES string of the molecule is Cn1cc(C(=O)N2CC3(CC(Oc4ccccn4)CS3)C2)cn1.O=C(O)C(F)(F)F. The van der Waals surface area contributed by atoms with Crippen LogP contribution in [0.25, 0.3) is 0 Å². The minimum absolute atomic E-state index is 0.0680. The predicted octanol–water partition coefficient (Wildman–Crippen LogP) is 2.23. The van der Waals surface area contributed by atoms with Gasteiger partial charge in [-0.2, -0.15) is 18.3 Å². The van der Waals surface area contributed by atoms with Gasteiger partial charge in [0.15, 0.2) is 0 Å². The molecule has 2 aliphatic heterocycles. The summed E-state index contributed by atoms with van der Waals surface area (Å²) in [6.07, 6.45) is 1.19. The van der Waals surface area contributed by atoms with E-state index < -0.39 is 12.1 Å². The molecule has 1 unspecified atom stereocenters. The smallest absolute Gasteiger partial charge is 0.475 e. The molecule has 1 atom stereocenters. The lowest BCUT2D eigenvalue weighted by molar-refractivity contribution is -0.192. The number of aromatic nitrogens is 3. The molecule has 0 saturated carbocycles. The van der Waals surface area contributed by atoms with Crippen LogP contribution in [-0.4, -0.2) is 72.5 Å². The first-order chi connectivity index (χ1) is 14.1. The summed E-state index contributed by atoms with van der Waals surface area (Å²) in [6.45, 7) is 1.57. The molecule has 0 radical (unpaired) electrons. The molecular weight excluding hydrogens is 425 g/mol. The number of alkyl halides is 3. The molecular formula is C18H19F3N4O4S. The Balaban J connectivity index is 0.000000318. The Morgan fingerprint density at radius 2 is 2.03 bits per heavy atom. The molecule has 2 fully saturated rings. The van der Waals surface area contributed by atoms with Crippen LogP contribution in [0.4, 0.5) is 13.2 Å². The molecule has 2 aliphatic rings. The van der Waals surface area contributed by atoms with Crippen molar-refractivity contribution in [3.8, 4) is 5.88 Å². The molecule has 0 aromatic carbocycles. The highest BCUT2D eigenvalue weighted by Gasteiger charge is 2.51. The molecule has 162 valence electrons. The summed E-state index contributed by atoms with van der Waals surface area (Å²) in [7, 11) is 1.82. The summed E-state index contributed by atoms with van der Waals surface area (Å²) < 4.78 is 39.5. The van der Waals surface area contributed by atoms with E-state index in [1.54, 1.807) is 23.3 Å². The lowest BCUT2D eigenvalue weighted by Crippen LogP contribution is -2.60. The molecule has 1 spiro atoms. The Bertz CT molecular complexity index is 900. The van der Waals surface area contributed by atoms with Crippen molar-refractivity contribution in [3.05, 3.63) is 42.4 Å². The van der Waals surface area contributed by atoms with Gasteiger partial charge >= 0.3 is 12.1 Å². The van der Waals surface area contributed by atoms with Crippen molar-refractivity contribution < 1.29 is 32.6 Å². The van der Waals surface area contributed by atoms with Crippen LogP contribution in [0.15, 0.2) is 36.8 Å². The highest BCUT2D eigenvalue weighted by atomic mass is 32.2. The second-order valence-corrected chi connectivity index (χ2v) is 8.46. The third-order valence-corrected chi connectivity index (χ3v) is 6.12. The predicted molar refractivity (Wildman–Crippen MR) is 101 cm³/mol. The summed E-state index contributed by atoms with van der Waals surface area (Å²) in [6, 6.07) is 5.69. The first-order valence-electron chi connectivity index (χ1n) is 8.88. The lowest BCUT2D eigenvalue weighted by Gasteiger charge is -2.47. The number of thioether (sulfide) groups is 1. The molecule has 0 bridgehead atoms. The van der Waals surface area contributed by atoms with E-state index in [0.717, 1.165) is 25.3 Å². The summed E-state index contributed by atoms with van der Waals surface area (Å²) in [4.78, 5) is 27.4. The number of likely N-dealkylation sites (tertiary alicyclic amines) is 1. The van der Waals surface area contributed by atoms with Crippen LogP contribution >= 0.6 is 11.8 Å². The van der Waals surface area contributed by atoms with Gasteiger partial charge in [0, 0.05) is 50.8 Å². The maximum Gasteiger partial charge on any atom is 0.490 e. The molecule has 8 nitrogen and oxygen atoms in total. The zero-order valence-electron chi connectivity index (χ0n) is 15.9. The van der Waals surface area contributed by atoms with E-state index in [-0.39, 0.29) is 16.8 Å². The number of ether oxygens (including phenoxy) is 1. The van der Waals surface area contributed by atoms with Crippen molar-refractivity contribution in [1.82, 2.24) is 19.7 Å². The third kappa shape index (κ3) is 5.23. The number of carbonyl (C=O) groups excluding carboxylic acids is 1. The maximum absolute atomic E-state index is 12.4. The van der Waals surface area contributed by atoms with Crippen LogP contribution in [0.3, 0.4) is 0 Å². The number of halogens is 3. The van der Waals surface area contributed by atoms with Crippen molar-refractivity contribution >= 4 is 23.6 Å². The van der Waals surface area contributed by atoms with E-state index in [2.05, 4.69) is 10.1 Å². The topological polar surface area (TPSA) is 97.5 Å². The van der Waals surface area contributed by atoms with E-state index in [1.165, 1.54) is 0 Å². The van der Waals surface area contributed by atoms with Crippen LogP contribution in [0, 0.1) is 0 Å². The summed E-state index contributed by atoms with van der Waals surface area (Å²) in [5, 5.41) is 11.2. The molecule has 2 saturated heterocycles. The van der Waals surface area contributed by atoms with Crippen LogP contribution in [0.1, 0.15) is 16.8 Å². The first-order valence-corrected chi connectivity index (χ1v) is 9.86. The minimum Gasteiger partial charge on any atom is -0.475 e. The van der Waals surface area contributed by atoms with Crippen LogP contribution < -0.4 is 4.74 Å². The Labute approximate surface area is 174 Å². The van der Waals surface area contributed by atoms with Gasteiger partial charge in [-0.15, -0.1) is 11.8 Å². The fraction of sp³-hybridized carbons (Fsp3) is 0.444. The van der Waals surface area contributed by atoms with Gasteiger partial charge in [0.25, 0.3) is 5.91 Å². The van der Waals surface area contributed by atoms with Gasteiger partial charge in [-0.05, 0) is 6.07 Å². The Kier molecular flexibility index (Phi) is 6.25. The van der Waals surface area contributed by atoms with E-state index in [9.17, 15) is 18.0 Å². The molecule has 30 heavy (non-hydrogen) atoms. The second-order valence-electron chi connectivity index (χ2n) is 6.97. The second kappa shape index (κ2) is 8.54. The fourth-order valence-electron chi connectivity index (χ4n) is 3.19. The Morgan fingerprint density at radius 3 is 2.57 bits per heavy atom. The Hall–Kier alpha value is -2.76. The highest BCUT2D eigenvalue weighted by molar-refractivity contribution is 8.01. The number of nitrogens with zero attached hydrogens (tertiary/aromatic N) is 4. The number of aryl methyl sites for hydroxylation is 1. The number of carboxylic acid groups (broad SMARTS) is 1. The molecule has 12 heteroatoms. The third-order valence-electron chi connectivity index (χ3n) is 4.54. The zero-order valence-corrected chi connectivity index (χ0v) is 16.7. The number of carbonyl (C=O) groups is 2. The standard InChI is InChI=1S/C16H18N4O2S.C2HF3O2/c1-19-8-12(7-18-19)15(21)20-10-16(11-20)6-13(9-23-16)22-14-4-2-3-5-17-14;3-2(4,5)1(6)7/h2-5,7-8,13H,6,9-11H2,1H3;(H,6,7). The van der Waals surface area contributed by atoms with Gasteiger partial charge in [0.05, 0.1) is 16.5 Å². The van der Waals surface area contributed by atoms with Crippen molar-refractivity contribution in [2.24, 2.45) is 7.05 Å². The van der Waals surface area contributed by atoms with Crippen LogP contribution in [0.5, 0.6) is 5.88 Å². The maximum atomic E-state index is 12.4. The average molecular weight is 444 g/mol. The minimum atomic E-state index is -5.08. The van der Waals surface area contributed by atoms with Crippen molar-refractivity contribution in [2.75, 3.05) is 18.8 Å². The molecule has 4 heterocycles. The van der Waals surface area contributed by atoms with E-state index in [4.69, 9.17) is 14.6 Å². The van der Waals surface area contributed by atoms with E-state index in [0.29, 0.717) is 11.4 Å². The lowest BCUT2D eigenvalue weighted by atomic mass is 9.92.